The molecule has 0 saturated heterocycles. The van der Waals surface area contributed by atoms with Crippen molar-refractivity contribution < 1.29 is 4.42 Å². The van der Waals surface area contributed by atoms with Crippen molar-refractivity contribution in [1.82, 2.24) is 9.97 Å². The number of hydrogen-bond acceptors (Lipinski definition) is 5. The molecule has 0 aliphatic rings. The fraction of sp³-hybridized carbons (Fsp3) is 0.125. The van der Waals surface area contributed by atoms with Crippen LogP contribution in [0, 0.1) is 0 Å². The highest BCUT2D eigenvalue weighted by Crippen LogP contribution is 2.21. The van der Waals surface area contributed by atoms with Crippen molar-refractivity contribution in [3.63, 3.8) is 0 Å². The Morgan fingerprint density at radius 2 is 1.95 bits per heavy atom. The minimum atomic E-state index is 0.606. The van der Waals surface area contributed by atoms with Gasteiger partial charge in [0.25, 0.3) is 0 Å². The Bertz CT molecular complexity index is 671. The van der Waals surface area contributed by atoms with Crippen LogP contribution in [0.4, 0.5) is 5.82 Å². The molecule has 0 saturated carbocycles. The van der Waals surface area contributed by atoms with Crippen LogP contribution in [-0.4, -0.2) is 9.97 Å². The maximum atomic E-state index is 5.27. The van der Waals surface area contributed by atoms with E-state index in [9.17, 15) is 0 Å². The number of thioether (sulfide) groups is 1. The molecule has 3 rings (SSSR count). The fourth-order valence-electron chi connectivity index (χ4n) is 1.83. The van der Waals surface area contributed by atoms with Crippen LogP contribution < -0.4 is 5.32 Å². The summed E-state index contributed by atoms with van der Waals surface area (Å²) in [5.74, 6) is 2.51. The topological polar surface area (TPSA) is 51.0 Å². The van der Waals surface area contributed by atoms with Gasteiger partial charge in [0.05, 0.1) is 25.2 Å². The van der Waals surface area contributed by atoms with Crippen LogP contribution in [0.2, 0.25) is 0 Å². The van der Waals surface area contributed by atoms with Crippen molar-refractivity contribution in [2.45, 2.75) is 17.3 Å². The maximum absolute atomic E-state index is 5.27. The molecule has 0 amide bonds. The van der Waals surface area contributed by atoms with Crippen LogP contribution in [-0.2, 0) is 12.3 Å². The molecule has 21 heavy (non-hydrogen) atoms. The number of aromatic nitrogens is 2. The van der Waals surface area contributed by atoms with E-state index in [2.05, 4.69) is 27.4 Å². The molecule has 0 aliphatic heterocycles. The third-order valence-corrected chi connectivity index (χ3v) is 3.84. The number of benzene rings is 1. The van der Waals surface area contributed by atoms with Gasteiger partial charge in [-0.25, -0.2) is 4.98 Å². The second kappa shape index (κ2) is 6.95. The van der Waals surface area contributed by atoms with E-state index in [-0.39, 0.29) is 0 Å². The summed E-state index contributed by atoms with van der Waals surface area (Å²) in [6.45, 7) is 0.606. The predicted molar refractivity (Wildman–Crippen MR) is 84.1 cm³/mol. The van der Waals surface area contributed by atoms with Crippen molar-refractivity contribution in [1.29, 1.82) is 0 Å². The van der Waals surface area contributed by atoms with Crippen LogP contribution in [0.3, 0.4) is 0 Å². The molecule has 5 heteroatoms. The molecule has 1 N–H and O–H groups in total. The van der Waals surface area contributed by atoms with E-state index >= 15 is 0 Å². The lowest BCUT2D eigenvalue weighted by atomic mass is 10.2. The zero-order valence-electron chi connectivity index (χ0n) is 11.4. The van der Waals surface area contributed by atoms with Crippen LogP contribution >= 0.6 is 11.8 Å². The fourth-order valence-corrected chi connectivity index (χ4v) is 2.63. The highest BCUT2D eigenvalue weighted by atomic mass is 32.2. The second-order valence-corrected chi connectivity index (χ2v) is 5.45. The van der Waals surface area contributed by atoms with Gasteiger partial charge >= 0.3 is 0 Å². The Balaban J connectivity index is 1.58. The molecule has 106 valence electrons. The summed E-state index contributed by atoms with van der Waals surface area (Å²) in [7, 11) is 0. The number of furan rings is 1. The summed E-state index contributed by atoms with van der Waals surface area (Å²) in [5.41, 5.74) is 1.28. The molecule has 0 radical (unpaired) electrons. The smallest absolute Gasteiger partial charge is 0.146 e. The molecule has 0 bridgehead atoms. The maximum Gasteiger partial charge on any atom is 0.146 e. The van der Waals surface area contributed by atoms with Crippen molar-refractivity contribution in [2.24, 2.45) is 0 Å². The molecule has 0 aliphatic carbocycles. The van der Waals surface area contributed by atoms with Crippen molar-refractivity contribution >= 4 is 17.6 Å². The van der Waals surface area contributed by atoms with Gasteiger partial charge in [-0.1, -0.05) is 30.3 Å². The van der Waals surface area contributed by atoms with Gasteiger partial charge in [0.1, 0.15) is 16.6 Å². The minimum absolute atomic E-state index is 0.606. The van der Waals surface area contributed by atoms with Gasteiger partial charge in [-0.3, -0.25) is 4.98 Å². The lowest BCUT2D eigenvalue weighted by Crippen LogP contribution is -2.01. The first-order valence-corrected chi connectivity index (χ1v) is 7.64. The Morgan fingerprint density at radius 1 is 1.05 bits per heavy atom. The van der Waals surface area contributed by atoms with Gasteiger partial charge in [-0.05, 0) is 17.7 Å². The normalized spacial score (nSPS) is 10.5. The molecule has 3 aromatic rings. The first-order valence-electron chi connectivity index (χ1n) is 6.65. The van der Waals surface area contributed by atoms with Crippen molar-refractivity contribution in [3.8, 4) is 0 Å². The largest absolute Gasteiger partial charge is 0.467 e. The molecule has 4 nitrogen and oxygen atoms in total. The van der Waals surface area contributed by atoms with Crippen molar-refractivity contribution in [2.75, 3.05) is 5.32 Å². The Morgan fingerprint density at radius 3 is 2.76 bits per heavy atom. The van der Waals surface area contributed by atoms with E-state index in [1.54, 1.807) is 30.4 Å². The van der Waals surface area contributed by atoms with E-state index in [1.165, 1.54) is 5.56 Å². The van der Waals surface area contributed by atoms with Crippen LogP contribution in [0.5, 0.6) is 0 Å². The third-order valence-electron chi connectivity index (χ3n) is 2.87. The monoisotopic (exact) mass is 297 g/mol. The van der Waals surface area contributed by atoms with Gasteiger partial charge in [-0.15, -0.1) is 11.8 Å². The van der Waals surface area contributed by atoms with E-state index in [1.807, 2.05) is 30.3 Å². The minimum Gasteiger partial charge on any atom is -0.467 e. The van der Waals surface area contributed by atoms with Gasteiger partial charge in [0, 0.05) is 5.75 Å². The first-order chi connectivity index (χ1) is 10.4. The number of hydrogen-bond donors (Lipinski definition) is 1. The third kappa shape index (κ3) is 4.10. The van der Waals surface area contributed by atoms with E-state index < -0.39 is 0 Å². The van der Waals surface area contributed by atoms with Crippen LogP contribution in [0.15, 0.2) is 70.6 Å². The average Bonchev–Trinajstić information content (AvgIpc) is 3.06. The highest BCUT2D eigenvalue weighted by Gasteiger charge is 2.02. The lowest BCUT2D eigenvalue weighted by molar-refractivity contribution is 0.517. The number of anilines is 1. The summed E-state index contributed by atoms with van der Waals surface area (Å²) >= 11 is 1.67. The molecule has 0 atom stereocenters. The Kier molecular flexibility index (Phi) is 4.53. The standard InChI is InChI=1S/C16H15N3OS/c1-2-5-13(6-3-1)12-21-16-11-17-10-15(19-16)18-9-14-7-4-8-20-14/h1-8,10-11H,9,12H2,(H,18,19). The summed E-state index contributed by atoms with van der Waals surface area (Å²) < 4.78 is 5.27. The van der Waals surface area contributed by atoms with Crippen molar-refractivity contribution in [3.05, 3.63) is 72.4 Å². The number of nitrogens with zero attached hydrogens (tertiary/aromatic N) is 2. The zero-order valence-corrected chi connectivity index (χ0v) is 12.2. The van der Waals surface area contributed by atoms with E-state index in [0.29, 0.717) is 6.54 Å². The Hall–Kier alpha value is -2.27. The number of nitrogens with one attached hydrogen (secondary N) is 1. The molecule has 1 aromatic carbocycles. The van der Waals surface area contributed by atoms with Gasteiger partial charge in [0.2, 0.25) is 0 Å². The van der Waals surface area contributed by atoms with Gasteiger partial charge < -0.3 is 9.73 Å². The predicted octanol–water partition coefficient (Wildman–Crippen LogP) is 3.97. The van der Waals surface area contributed by atoms with E-state index in [4.69, 9.17) is 4.42 Å². The van der Waals surface area contributed by atoms with Crippen LogP contribution in [0.1, 0.15) is 11.3 Å². The molecular weight excluding hydrogens is 282 g/mol. The SMILES string of the molecule is c1ccc(CSc2cncc(NCc3ccco3)n2)cc1. The summed E-state index contributed by atoms with van der Waals surface area (Å²) in [5, 5.41) is 4.11. The molecule has 0 unspecified atom stereocenters. The van der Waals surface area contributed by atoms with Crippen LogP contribution in [0.25, 0.3) is 0 Å². The highest BCUT2D eigenvalue weighted by molar-refractivity contribution is 7.98. The summed E-state index contributed by atoms with van der Waals surface area (Å²) in [6.07, 6.45) is 5.16. The molecule has 0 spiro atoms. The molecule has 0 fully saturated rings. The Labute approximate surface area is 127 Å². The molecular formula is C16H15N3OS. The first kappa shape index (κ1) is 13.7. The quantitative estimate of drug-likeness (QED) is 0.698. The summed E-state index contributed by atoms with van der Waals surface area (Å²) in [6, 6.07) is 14.1. The van der Waals surface area contributed by atoms with E-state index in [0.717, 1.165) is 22.4 Å². The average molecular weight is 297 g/mol. The van der Waals surface area contributed by atoms with Gasteiger partial charge in [-0.2, -0.15) is 0 Å². The lowest BCUT2D eigenvalue weighted by Gasteiger charge is -2.05. The molecule has 2 heterocycles. The zero-order chi connectivity index (χ0) is 14.3. The summed E-state index contributed by atoms with van der Waals surface area (Å²) in [4.78, 5) is 8.76. The van der Waals surface area contributed by atoms with Gasteiger partial charge in [0.15, 0.2) is 0 Å². The number of rotatable bonds is 6. The second-order valence-electron chi connectivity index (χ2n) is 4.45. The molecule has 2 aromatic heterocycles.